The summed E-state index contributed by atoms with van der Waals surface area (Å²) in [4.78, 5) is 8.00. The van der Waals surface area contributed by atoms with Crippen LogP contribution in [-0.4, -0.2) is 17.1 Å². The summed E-state index contributed by atoms with van der Waals surface area (Å²) in [5.74, 6) is 1.02. The van der Waals surface area contributed by atoms with E-state index in [4.69, 9.17) is 9.15 Å². The summed E-state index contributed by atoms with van der Waals surface area (Å²) >= 11 is 0. The van der Waals surface area contributed by atoms with E-state index in [-0.39, 0.29) is 0 Å². The highest BCUT2D eigenvalue weighted by Gasteiger charge is 2.10. The molecular formula is C9H8N2O2. The third-order valence-electron chi connectivity index (χ3n) is 1.63. The van der Waals surface area contributed by atoms with Gasteiger partial charge >= 0.3 is 0 Å². The van der Waals surface area contributed by atoms with E-state index in [2.05, 4.69) is 9.97 Å². The van der Waals surface area contributed by atoms with E-state index < -0.39 is 0 Å². The molecule has 13 heavy (non-hydrogen) atoms. The van der Waals surface area contributed by atoms with Gasteiger partial charge in [0.1, 0.15) is 5.69 Å². The van der Waals surface area contributed by atoms with Gasteiger partial charge in [0.2, 0.25) is 5.76 Å². The predicted octanol–water partition coefficient (Wildman–Crippen LogP) is 1.75. The van der Waals surface area contributed by atoms with Gasteiger partial charge < -0.3 is 9.15 Å². The number of rotatable bonds is 2. The number of aromatic nitrogens is 2. The van der Waals surface area contributed by atoms with Crippen molar-refractivity contribution in [3.8, 4) is 17.3 Å². The molecule has 66 valence electrons. The van der Waals surface area contributed by atoms with Crippen molar-refractivity contribution in [1.82, 2.24) is 9.97 Å². The van der Waals surface area contributed by atoms with Gasteiger partial charge in [0, 0.05) is 6.20 Å². The second kappa shape index (κ2) is 3.26. The van der Waals surface area contributed by atoms with Crippen LogP contribution in [0.4, 0.5) is 0 Å². The van der Waals surface area contributed by atoms with E-state index in [1.165, 1.54) is 6.39 Å². The fraction of sp³-hybridized carbons (Fsp3) is 0.111. The lowest BCUT2D eigenvalue weighted by Crippen LogP contribution is -1.86. The molecular weight excluding hydrogens is 168 g/mol. The van der Waals surface area contributed by atoms with Crippen molar-refractivity contribution in [2.45, 2.75) is 0 Å². The molecule has 4 nitrogen and oxygen atoms in total. The van der Waals surface area contributed by atoms with Gasteiger partial charge in [-0.3, -0.25) is 4.98 Å². The van der Waals surface area contributed by atoms with Crippen LogP contribution >= 0.6 is 0 Å². The van der Waals surface area contributed by atoms with Gasteiger partial charge in [-0.2, -0.15) is 4.98 Å². The van der Waals surface area contributed by atoms with Crippen LogP contribution in [0.1, 0.15) is 0 Å². The molecule has 0 aliphatic carbocycles. The first-order valence-corrected chi connectivity index (χ1v) is 3.80. The normalized spacial score (nSPS) is 9.92. The quantitative estimate of drug-likeness (QED) is 0.699. The molecule has 4 heteroatoms. The van der Waals surface area contributed by atoms with Crippen LogP contribution in [0.15, 0.2) is 35.2 Å². The first-order chi connectivity index (χ1) is 6.42. The van der Waals surface area contributed by atoms with Gasteiger partial charge in [-0.1, -0.05) is 6.07 Å². The summed E-state index contributed by atoms with van der Waals surface area (Å²) in [6.07, 6.45) is 3.03. The Balaban J connectivity index is 2.47. The SMILES string of the molecule is COc1ncoc1-c1ccccn1. The highest BCUT2D eigenvalue weighted by Crippen LogP contribution is 2.25. The van der Waals surface area contributed by atoms with E-state index in [0.717, 1.165) is 5.69 Å². The van der Waals surface area contributed by atoms with Crippen LogP contribution in [0.2, 0.25) is 0 Å². The van der Waals surface area contributed by atoms with E-state index in [1.807, 2.05) is 18.2 Å². The third-order valence-corrected chi connectivity index (χ3v) is 1.63. The Morgan fingerprint density at radius 3 is 2.92 bits per heavy atom. The zero-order valence-corrected chi connectivity index (χ0v) is 7.10. The summed E-state index contributed by atoms with van der Waals surface area (Å²) in [7, 11) is 1.55. The minimum absolute atomic E-state index is 0.457. The maximum absolute atomic E-state index is 5.14. The number of methoxy groups -OCH3 is 1. The minimum atomic E-state index is 0.457. The van der Waals surface area contributed by atoms with Crippen LogP contribution < -0.4 is 4.74 Å². The zero-order chi connectivity index (χ0) is 9.10. The van der Waals surface area contributed by atoms with Crippen LogP contribution in [0, 0.1) is 0 Å². The molecule has 0 fully saturated rings. The molecule has 2 aromatic rings. The summed E-state index contributed by atoms with van der Waals surface area (Å²) in [6.45, 7) is 0. The van der Waals surface area contributed by atoms with Crippen molar-refractivity contribution in [3.63, 3.8) is 0 Å². The molecule has 0 spiro atoms. The highest BCUT2D eigenvalue weighted by atomic mass is 16.5. The van der Waals surface area contributed by atoms with Gasteiger partial charge in [0.15, 0.2) is 6.39 Å². The Morgan fingerprint density at radius 2 is 2.23 bits per heavy atom. The first-order valence-electron chi connectivity index (χ1n) is 3.80. The monoisotopic (exact) mass is 176 g/mol. The number of nitrogens with zero attached hydrogens (tertiary/aromatic N) is 2. The molecule has 0 aliphatic heterocycles. The van der Waals surface area contributed by atoms with Crippen LogP contribution in [0.25, 0.3) is 11.5 Å². The van der Waals surface area contributed by atoms with E-state index >= 15 is 0 Å². The second-order valence-corrected chi connectivity index (χ2v) is 2.41. The Bertz CT molecular complexity index is 384. The molecule has 0 saturated carbocycles. The van der Waals surface area contributed by atoms with Crippen molar-refractivity contribution in [1.29, 1.82) is 0 Å². The molecule has 2 heterocycles. The summed E-state index contributed by atoms with van der Waals surface area (Å²) in [5, 5.41) is 0. The standard InChI is InChI=1S/C9H8N2O2/c1-12-9-8(13-6-11-9)7-4-2-3-5-10-7/h2-6H,1H3. The zero-order valence-electron chi connectivity index (χ0n) is 7.10. The lowest BCUT2D eigenvalue weighted by Gasteiger charge is -1.97. The fourth-order valence-electron chi connectivity index (χ4n) is 1.05. The number of pyridine rings is 1. The smallest absolute Gasteiger partial charge is 0.262 e. The molecule has 0 radical (unpaired) electrons. The van der Waals surface area contributed by atoms with Crippen LogP contribution in [0.5, 0.6) is 5.88 Å². The van der Waals surface area contributed by atoms with E-state index in [1.54, 1.807) is 13.3 Å². The van der Waals surface area contributed by atoms with Crippen molar-refractivity contribution in [3.05, 3.63) is 30.8 Å². The topological polar surface area (TPSA) is 48.2 Å². The lowest BCUT2D eigenvalue weighted by atomic mass is 10.3. The number of hydrogen-bond donors (Lipinski definition) is 0. The highest BCUT2D eigenvalue weighted by molar-refractivity contribution is 5.57. The van der Waals surface area contributed by atoms with Crippen molar-refractivity contribution in [2.75, 3.05) is 7.11 Å². The van der Waals surface area contributed by atoms with Crippen molar-refractivity contribution >= 4 is 0 Å². The largest absolute Gasteiger partial charge is 0.478 e. The summed E-state index contributed by atoms with van der Waals surface area (Å²) in [5.41, 5.74) is 0.719. The summed E-state index contributed by atoms with van der Waals surface area (Å²) in [6, 6.07) is 5.56. The van der Waals surface area contributed by atoms with Gasteiger partial charge in [-0.25, -0.2) is 0 Å². The Hall–Kier alpha value is -1.84. The molecule has 0 atom stereocenters. The van der Waals surface area contributed by atoms with E-state index in [9.17, 15) is 0 Å². The molecule has 0 bridgehead atoms. The molecule has 0 unspecified atom stereocenters. The predicted molar refractivity (Wildman–Crippen MR) is 46.3 cm³/mol. The second-order valence-electron chi connectivity index (χ2n) is 2.41. The Kier molecular flexibility index (Phi) is 1.96. The van der Waals surface area contributed by atoms with E-state index in [0.29, 0.717) is 11.6 Å². The average molecular weight is 176 g/mol. The van der Waals surface area contributed by atoms with Crippen LogP contribution in [0.3, 0.4) is 0 Å². The lowest BCUT2D eigenvalue weighted by molar-refractivity contribution is 0.398. The number of ether oxygens (including phenoxy) is 1. The van der Waals surface area contributed by atoms with Gasteiger partial charge in [0.05, 0.1) is 7.11 Å². The van der Waals surface area contributed by atoms with Gasteiger partial charge in [-0.05, 0) is 12.1 Å². The molecule has 2 aromatic heterocycles. The first kappa shape index (κ1) is 7.79. The minimum Gasteiger partial charge on any atom is -0.478 e. The van der Waals surface area contributed by atoms with Gasteiger partial charge in [-0.15, -0.1) is 0 Å². The Labute approximate surface area is 75.2 Å². The third kappa shape index (κ3) is 1.38. The summed E-state index contributed by atoms with van der Waals surface area (Å²) < 4.78 is 10.1. The number of oxazole rings is 1. The molecule has 0 saturated heterocycles. The maximum Gasteiger partial charge on any atom is 0.262 e. The molecule has 2 rings (SSSR count). The maximum atomic E-state index is 5.14. The fourth-order valence-corrected chi connectivity index (χ4v) is 1.05. The molecule has 0 N–H and O–H groups in total. The molecule has 0 amide bonds. The molecule has 0 aliphatic rings. The number of hydrogen-bond acceptors (Lipinski definition) is 4. The van der Waals surface area contributed by atoms with Crippen LogP contribution in [-0.2, 0) is 0 Å². The van der Waals surface area contributed by atoms with Gasteiger partial charge in [0.25, 0.3) is 5.88 Å². The Morgan fingerprint density at radius 1 is 1.31 bits per heavy atom. The molecule has 0 aromatic carbocycles. The van der Waals surface area contributed by atoms with Crippen molar-refractivity contribution in [2.24, 2.45) is 0 Å². The average Bonchev–Trinajstić information content (AvgIpc) is 2.67. The van der Waals surface area contributed by atoms with Crippen molar-refractivity contribution < 1.29 is 9.15 Å².